The fourth-order valence-corrected chi connectivity index (χ4v) is 3.01. The molecule has 2 aromatic carbocycles. The number of para-hydroxylation sites is 1. The predicted octanol–water partition coefficient (Wildman–Crippen LogP) is 2.57. The van der Waals surface area contributed by atoms with Crippen LogP contribution in [0.4, 0.5) is 0 Å². The lowest BCUT2D eigenvalue weighted by Gasteiger charge is -2.35. The van der Waals surface area contributed by atoms with Crippen LogP contribution < -0.4 is 4.74 Å². The summed E-state index contributed by atoms with van der Waals surface area (Å²) in [5.74, 6) is -0.184. The molecule has 5 nitrogen and oxygen atoms in total. The average Bonchev–Trinajstić information content (AvgIpc) is 2.63. The second-order valence-corrected chi connectivity index (χ2v) is 6.14. The number of amides is 1. The number of carbonyl (C=O) groups excluding carboxylic acids is 2. The Bertz CT molecular complexity index is 738. The number of esters is 1. The maximum atomic E-state index is 12.8. The Hall–Kier alpha value is -2.66. The van der Waals surface area contributed by atoms with Crippen molar-refractivity contribution in [3.05, 3.63) is 65.7 Å². The number of piperazine rings is 1. The molecule has 0 spiro atoms. The minimum absolute atomic E-state index is 0.0868. The van der Waals surface area contributed by atoms with E-state index < -0.39 is 5.97 Å². The second kappa shape index (κ2) is 7.94. The zero-order chi connectivity index (χ0) is 17.6. The Morgan fingerprint density at radius 3 is 2.24 bits per heavy atom. The Balaban J connectivity index is 1.61. The third kappa shape index (κ3) is 4.45. The molecule has 0 N–H and O–H groups in total. The monoisotopic (exact) mass is 338 g/mol. The van der Waals surface area contributed by atoms with Crippen molar-refractivity contribution in [1.82, 2.24) is 9.80 Å². The van der Waals surface area contributed by atoms with Crippen molar-refractivity contribution in [1.29, 1.82) is 0 Å². The van der Waals surface area contributed by atoms with Crippen LogP contribution in [0.15, 0.2) is 54.6 Å². The molecule has 1 heterocycles. The summed E-state index contributed by atoms with van der Waals surface area (Å²) < 4.78 is 5.16. The minimum atomic E-state index is -0.423. The number of hydrogen-bond acceptors (Lipinski definition) is 4. The molecule has 1 amide bonds. The average molecular weight is 338 g/mol. The lowest BCUT2D eigenvalue weighted by molar-refractivity contribution is -0.131. The zero-order valence-electron chi connectivity index (χ0n) is 14.4. The van der Waals surface area contributed by atoms with E-state index >= 15 is 0 Å². The van der Waals surface area contributed by atoms with Gasteiger partial charge in [-0.05, 0) is 17.7 Å². The molecule has 0 atom stereocenters. The molecule has 0 bridgehead atoms. The van der Waals surface area contributed by atoms with Gasteiger partial charge < -0.3 is 9.64 Å². The van der Waals surface area contributed by atoms with Gasteiger partial charge in [0.05, 0.1) is 5.56 Å². The van der Waals surface area contributed by atoms with Gasteiger partial charge in [-0.3, -0.25) is 14.5 Å². The number of benzene rings is 2. The van der Waals surface area contributed by atoms with E-state index in [0.717, 1.165) is 19.6 Å². The van der Waals surface area contributed by atoms with Crippen molar-refractivity contribution in [3.8, 4) is 5.75 Å². The molecule has 0 aromatic heterocycles. The molecule has 0 radical (unpaired) electrons. The zero-order valence-corrected chi connectivity index (χ0v) is 14.4. The third-order valence-electron chi connectivity index (χ3n) is 4.28. The predicted molar refractivity (Wildman–Crippen MR) is 95.4 cm³/mol. The van der Waals surface area contributed by atoms with E-state index in [4.69, 9.17) is 4.74 Å². The number of rotatable bonds is 4. The van der Waals surface area contributed by atoms with Gasteiger partial charge in [-0.15, -0.1) is 0 Å². The maximum absolute atomic E-state index is 12.8. The largest absolute Gasteiger partial charge is 0.426 e. The summed E-state index contributed by atoms with van der Waals surface area (Å²) in [4.78, 5) is 28.2. The number of carbonyl (C=O) groups is 2. The summed E-state index contributed by atoms with van der Waals surface area (Å²) in [5, 5.41) is 0. The number of ether oxygens (including phenoxy) is 1. The Labute approximate surface area is 147 Å². The van der Waals surface area contributed by atoms with Crippen molar-refractivity contribution < 1.29 is 14.3 Å². The molecule has 0 aliphatic carbocycles. The van der Waals surface area contributed by atoms with Crippen molar-refractivity contribution >= 4 is 11.9 Å². The van der Waals surface area contributed by atoms with E-state index in [0.29, 0.717) is 24.4 Å². The Morgan fingerprint density at radius 2 is 1.56 bits per heavy atom. The van der Waals surface area contributed by atoms with Gasteiger partial charge in [0.2, 0.25) is 0 Å². The van der Waals surface area contributed by atoms with Crippen molar-refractivity contribution in [2.45, 2.75) is 13.5 Å². The Kier molecular flexibility index (Phi) is 5.46. The minimum Gasteiger partial charge on any atom is -0.426 e. The first-order valence-electron chi connectivity index (χ1n) is 8.46. The fourth-order valence-electron chi connectivity index (χ4n) is 3.01. The van der Waals surface area contributed by atoms with Gasteiger partial charge in [0, 0.05) is 39.6 Å². The Morgan fingerprint density at radius 1 is 0.920 bits per heavy atom. The molecule has 5 heteroatoms. The van der Waals surface area contributed by atoms with Crippen LogP contribution in [0.5, 0.6) is 5.75 Å². The van der Waals surface area contributed by atoms with Crippen LogP contribution in [0, 0.1) is 0 Å². The van der Waals surface area contributed by atoms with Gasteiger partial charge in [0.25, 0.3) is 5.91 Å². The summed E-state index contributed by atoms with van der Waals surface area (Å²) in [7, 11) is 0. The molecule has 2 aromatic rings. The van der Waals surface area contributed by atoms with E-state index in [1.165, 1.54) is 12.5 Å². The first-order chi connectivity index (χ1) is 12.1. The molecule has 0 unspecified atom stereocenters. The van der Waals surface area contributed by atoms with Crippen molar-refractivity contribution in [2.24, 2.45) is 0 Å². The molecule has 0 saturated carbocycles. The SMILES string of the molecule is CC(=O)Oc1ccccc1C(=O)N1CCN(Cc2ccccc2)CC1. The smallest absolute Gasteiger partial charge is 0.308 e. The van der Waals surface area contributed by atoms with Crippen LogP contribution in [-0.4, -0.2) is 47.9 Å². The van der Waals surface area contributed by atoms with Gasteiger partial charge in [0.15, 0.2) is 0 Å². The van der Waals surface area contributed by atoms with Crippen LogP contribution >= 0.6 is 0 Å². The standard InChI is InChI=1S/C20H22N2O3/c1-16(23)25-19-10-6-5-9-18(19)20(24)22-13-11-21(12-14-22)15-17-7-3-2-4-8-17/h2-10H,11-15H2,1H3. The quantitative estimate of drug-likeness (QED) is 0.635. The summed E-state index contributed by atoms with van der Waals surface area (Å²) in [6.45, 7) is 5.23. The maximum Gasteiger partial charge on any atom is 0.308 e. The normalized spacial score (nSPS) is 15.0. The van der Waals surface area contributed by atoms with Crippen LogP contribution in [0.2, 0.25) is 0 Å². The molecule has 130 valence electrons. The highest BCUT2D eigenvalue weighted by Gasteiger charge is 2.24. The van der Waals surface area contributed by atoms with E-state index in [9.17, 15) is 9.59 Å². The van der Waals surface area contributed by atoms with Crippen molar-refractivity contribution in [3.63, 3.8) is 0 Å². The molecule has 1 aliphatic rings. The van der Waals surface area contributed by atoms with Gasteiger partial charge in [0.1, 0.15) is 5.75 Å². The van der Waals surface area contributed by atoms with Crippen LogP contribution in [0.25, 0.3) is 0 Å². The van der Waals surface area contributed by atoms with Crippen LogP contribution in [0.3, 0.4) is 0 Å². The highest BCUT2D eigenvalue weighted by atomic mass is 16.5. The van der Waals surface area contributed by atoms with Gasteiger partial charge in [-0.1, -0.05) is 42.5 Å². The molecule has 3 rings (SSSR count). The second-order valence-electron chi connectivity index (χ2n) is 6.14. The molecular formula is C20H22N2O3. The van der Waals surface area contributed by atoms with Gasteiger partial charge in [-0.25, -0.2) is 0 Å². The van der Waals surface area contributed by atoms with Crippen molar-refractivity contribution in [2.75, 3.05) is 26.2 Å². The first kappa shape index (κ1) is 17.2. The summed E-state index contributed by atoms with van der Waals surface area (Å²) >= 11 is 0. The van der Waals surface area contributed by atoms with E-state index in [2.05, 4.69) is 17.0 Å². The summed E-state index contributed by atoms with van der Waals surface area (Å²) in [6, 6.07) is 17.2. The highest BCUT2D eigenvalue weighted by Crippen LogP contribution is 2.21. The highest BCUT2D eigenvalue weighted by molar-refractivity contribution is 5.97. The fraction of sp³-hybridized carbons (Fsp3) is 0.300. The van der Waals surface area contributed by atoms with Gasteiger partial charge >= 0.3 is 5.97 Å². The molecular weight excluding hydrogens is 316 g/mol. The summed E-state index contributed by atoms with van der Waals surface area (Å²) in [5.41, 5.74) is 1.72. The van der Waals surface area contributed by atoms with Gasteiger partial charge in [-0.2, -0.15) is 0 Å². The lowest BCUT2D eigenvalue weighted by atomic mass is 10.1. The number of nitrogens with zero attached hydrogens (tertiary/aromatic N) is 2. The molecule has 1 saturated heterocycles. The van der Waals surface area contributed by atoms with E-state index in [-0.39, 0.29) is 5.91 Å². The third-order valence-corrected chi connectivity index (χ3v) is 4.28. The topological polar surface area (TPSA) is 49.9 Å². The lowest BCUT2D eigenvalue weighted by Crippen LogP contribution is -2.48. The molecule has 1 aliphatic heterocycles. The van der Waals surface area contributed by atoms with Crippen LogP contribution in [0.1, 0.15) is 22.8 Å². The van der Waals surface area contributed by atoms with E-state index in [1.807, 2.05) is 23.1 Å². The summed E-state index contributed by atoms with van der Waals surface area (Å²) in [6.07, 6.45) is 0. The van der Waals surface area contributed by atoms with Crippen LogP contribution in [-0.2, 0) is 11.3 Å². The van der Waals surface area contributed by atoms with E-state index in [1.54, 1.807) is 24.3 Å². The molecule has 1 fully saturated rings. The molecule has 25 heavy (non-hydrogen) atoms. The first-order valence-corrected chi connectivity index (χ1v) is 8.46. The number of hydrogen-bond donors (Lipinski definition) is 0.